The minimum Gasteiger partial charge on any atom is -0.300 e. The van der Waals surface area contributed by atoms with Crippen molar-refractivity contribution >= 4 is 11.6 Å². The van der Waals surface area contributed by atoms with Gasteiger partial charge in [-0.25, -0.2) is 0 Å². The largest absolute Gasteiger partial charge is 0.300 e. The fourth-order valence-corrected chi connectivity index (χ4v) is 0.599. The Kier molecular flexibility index (Phi) is 4.46. The predicted octanol–water partition coefficient (Wildman–Crippen LogP) is 1.50. The number of allylic oxidation sites excluding steroid dienone is 2. The molecule has 0 bridgehead atoms. The number of ketones is 2. The first-order chi connectivity index (χ1) is 4.66. The van der Waals surface area contributed by atoms with Gasteiger partial charge in [-0.2, -0.15) is 0 Å². The van der Waals surface area contributed by atoms with Gasteiger partial charge in [-0.3, -0.25) is 9.59 Å². The van der Waals surface area contributed by atoms with Gasteiger partial charge in [0.05, 0.1) is 6.42 Å². The summed E-state index contributed by atoms with van der Waals surface area (Å²) < 4.78 is 0. The van der Waals surface area contributed by atoms with Crippen LogP contribution in [0.15, 0.2) is 12.2 Å². The quantitative estimate of drug-likeness (QED) is 0.438. The summed E-state index contributed by atoms with van der Waals surface area (Å²) in [7, 11) is 0. The molecule has 0 saturated carbocycles. The van der Waals surface area contributed by atoms with Crippen molar-refractivity contribution in [3.8, 4) is 0 Å². The van der Waals surface area contributed by atoms with Gasteiger partial charge >= 0.3 is 0 Å². The molecule has 0 unspecified atom stereocenters. The maximum absolute atomic E-state index is 10.7. The van der Waals surface area contributed by atoms with Gasteiger partial charge in [-0.1, -0.05) is 12.2 Å². The van der Waals surface area contributed by atoms with Crippen LogP contribution in [-0.2, 0) is 9.59 Å². The summed E-state index contributed by atoms with van der Waals surface area (Å²) >= 11 is 0. The van der Waals surface area contributed by atoms with Crippen LogP contribution in [0.4, 0.5) is 0 Å². The summed E-state index contributed by atoms with van der Waals surface area (Å²) in [5.74, 6) is -0.0693. The van der Waals surface area contributed by atoms with Crippen molar-refractivity contribution in [2.45, 2.75) is 26.7 Å². The molecule has 2 heteroatoms. The Balaban J connectivity index is 3.54. The Morgan fingerprint density at radius 3 is 2.40 bits per heavy atom. The van der Waals surface area contributed by atoms with Crippen LogP contribution in [-0.4, -0.2) is 11.6 Å². The monoisotopic (exact) mass is 140 g/mol. The van der Waals surface area contributed by atoms with Crippen molar-refractivity contribution in [2.75, 3.05) is 0 Å². The third-order valence-corrected chi connectivity index (χ3v) is 1.03. The normalized spacial score (nSPS) is 10.2. The highest BCUT2D eigenvalue weighted by Crippen LogP contribution is 1.91. The standard InChI is InChI=1S/C8H12O2/c1-3-4-5-8(10)6-7(2)9/h3-4H,5-6H2,1-2H3. The molecule has 10 heavy (non-hydrogen) atoms. The lowest BCUT2D eigenvalue weighted by atomic mass is 10.1. The van der Waals surface area contributed by atoms with E-state index in [4.69, 9.17) is 0 Å². The number of carbonyl (C=O) groups excluding carboxylic acids is 2. The third-order valence-electron chi connectivity index (χ3n) is 1.03. The highest BCUT2D eigenvalue weighted by Gasteiger charge is 2.01. The van der Waals surface area contributed by atoms with Crippen molar-refractivity contribution < 1.29 is 9.59 Å². The molecule has 0 aliphatic carbocycles. The second kappa shape index (κ2) is 4.91. The third kappa shape index (κ3) is 5.22. The van der Waals surface area contributed by atoms with E-state index in [9.17, 15) is 9.59 Å². The van der Waals surface area contributed by atoms with Crippen molar-refractivity contribution in [1.82, 2.24) is 0 Å². The van der Waals surface area contributed by atoms with E-state index in [2.05, 4.69) is 0 Å². The molecule has 2 nitrogen and oxygen atoms in total. The molecule has 56 valence electrons. The summed E-state index contributed by atoms with van der Waals surface area (Å²) in [6.07, 6.45) is 4.02. The molecule has 0 aliphatic heterocycles. The fraction of sp³-hybridized carbons (Fsp3) is 0.500. The van der Waals surface area contributed by atoms with Gasteiger partial charge in [-0.15, -0.1) is 0 Å². The van der Waals surface area contributed by atoms with Crippen molar-refractivity contribution in [3.63, 3.8) is 0 Å². The molecule has 0 amide bonds. The van der Waals surface area contributed by atoms with E-state index in [0.29, 0.717) is 6.42 Å². The number of carbonyl (C=O) groups is 2. The summed E-state index contributed by atoms with van der Waals surface area (Å²) in [6, 6.07) is 0. The molecule has 0 spiro atoms. The smallest absolute Gasteiger partial charge is 0.143 e. The highest BCUT2D eigenvalue weighted by atomic mass is 16.1. The van der Waals surface area contributed by atoms with Crippen molar-refractivity contribution in [1.29, 1.82) is 0 Å². The minimum absolute atomic E-state index is 0.00870. The zero-order valence-corrected chi connectivity index (χ0v) is 6.39. The Morgan fingerprint density at radius 2 is 2.00 bits per heavy atom. The molecule has 0 heterocycles. The van der Waals surface area contributed by atoms with E-state index in [0.717, 1.165) is 0 Å². The Hall–Kier alpha value is -0.920. The molecule has 0 aromatic carbocycles. The van der Waals surface area contributed by atoms with E-state index in [1.807, 2.05) is 6.92 Å². The molecule has 0 radical (unpaired) electrons. The summed E-state index contributed by atoms with van der Waals surface area (Å²) in [4.78, 5) is 21.1. The van der Waals surface area contributed by atoms with Crippen molar-refractivity contribution in [3.05, 3.63) is 12.2 Å². The zero-order chi connectivity index (χ0) is 7.98. The Labute approximate surface area is 60.9 Å². The van der Waals surface area contributed by atoms with Gasteiger partial charge in [-0.05, 0) is 13.8 Å². The second-order valence-corrected chi connectivity index (χ2v) is 2.19. The Bertz CT molecular complexity index is 157. The number of rotatable bonds is 4. The van der Waals surface area contributed by atoms with Crippen LogP contribution < -0.4 is 0 Å². The predicted molar refractivity (Wildman–Crippen MR) is 39.7 cm³/mol. The first kappa shape index (κ1) is 9.08. The SMILES string of the molecule is CC=CCC(=O)CC(C)=O. The first-order valence-electron chi connectivity index (χ1n) is 3.29. The van der Waals surface area contributed by atoms with Gasteiger partial charge in [0, 0.05) is 6.42 Å². The minimum atomic E-state index is -0.0606. The van der Waals surface area contributed by atoms with Gasteiger partial charge in [0.25, 0.3) is 0 Å². The van der Waals surface area contributed by atoms with Gasteiger partial charge in [0.15, 0.2) is 0 Å². The molecular formula is C8H12O2. The molecule has 0 rings (SSSR count). The molecule has 0 aromatic rings. The first-order valence-corrected chi connectivity index (χ1v) is 3.29. The van der Waals surface area contributed by atoms with Crippen LogP contribution in [0.3, 0.4) is 0 Å². The number of hydrogen-bond acceptors (Lipinski definition) is 2. The molecule has 0 saturated heterocycles. The maximum atomic E-state index is 10.7. The van der Waals surface area contributed by atoms with Crippen LogP contribution in [0, 0.1) is 0 Å². The van der Waals surface area contributed by atoms with Crippen LogP contribution >= 0.6 is 0 Å². The summed E-state index contributed by atoms with van der Waals surface area (Å²) in [6.45, 7) is 3.27. The second-order valence-electron chi connectivity index (χ2n) is 2.19. The average Bonchev–Trinajstić information content (AvgIpc) is 1.82. The van der Waals surface area contributed by atoms with Crippen molar-refractivity contribution in [2.24, 2.45) is 0 Å². The zero-order valence-electron chi connectivity index (χ0n) is 6.39. The average molecular weight is 140 g/mol. The van der Waals surface area contributed by atoms with E-state index in [1.165, 1.54) is 6.92 Å². The van der Waals surface area contributed by atoms with Crippen LogP contribution in [0.1, 0.15) is 26.7 Å². The topological polar surface area (TPSA) is 34.1 Å². The number of hydrogen-bond donors (Lipinski definition) is 0. The van der Waals surface area contributed by atoms with Gasteiger partial charge < -0.3 is 0 Å². The lowest BCUT2D eigenvalue weighted by Gasteiger charge is -1.89. The molecule has 0 fully saturated rings. The Morgan fingerprint density at radius 1 is 1.40 bits per heavy atom. The lowest BCUT2D eigenvalue weighted by Crippen LogP contribution is -2.02. The van der Waals surface area contributed by atoms with E-state index in [1.54, 1.807) is 12.2 Å². The number of Topliss-reactive ketones (excluding diaryl/α,β-unsaturated/α-hetero) is 2. The van der Waals surface area contributed by atoms with E-state index in [-0.39, 0.29) is 18.0 Å². The van der Waals surface area contributed by atoms with Gasteiger partial charge in [0.2, 0.25) is 0 Å². The molecule has 0 aromatic heterocycles. The molecule has 0 atom stereocenters. The van der Waals surface area contributed by atoms with Crippen LogP contribution in [0.5, 0.6) is 0 Å². The van der Waals surface area contributed by atoms with E-state index < -0.39 is 0 Å². The van der Waals surface area contributed by atoms with E-state index >= 15 is 0 Å². The summed E-state index contributed by atoms with van der Waals surface area (Å²) in [5.41, 5.74) is 0. The highest BCUT2D eigenvalue weighted by molar-refractivity contribution is 5.98. The fourth-order valence-electron chi connectivity index (χ4n) is 0.599. The van der Waals surface area contributed by atoms with Gasteiger partial charge in [0.1, 0.15) is 11.6 Å². The van der Waals surface area contributed by atoms with Crippen LogP contribution in [0.25, 0.3) is 0 Å². The lowest BCUT2D eigenvalue weighted by molar-refractivity contribution is -0.125. The van der Waals surface area contributed by atoms with Crippen LogP contribution in [0.2, 0.25) is 0 Å². The summed E-state index contributed by atoms with van der Waals surface area (Å²) in [5, 5.41) is 0. The molecular weight excluding hydrogens is 128 g/mol. The maximum Gasteiger partial charge on any atom is 0.143 e. The molecule has 0 aliphatic rings. The molecule has 0 N–H and O–H groups in total.